The van der Waals surface area contributed by atoms with Crippen LogP contribution in [-0.4, -0.2) is 18.7 Å². The van der Waals surface area contributed by atoms with Gasteiger partial charge in [-0.05, 0) is 63.2 Å². The van der Waals surface area contributed by atoms with Gasteiger partial charge in [0, 0.05) is 10.9 Å². The maximum atomic E-state index is 11.8. The van der Waals surface area contributed by atoms with E-state index in [0.29, 0.717) is 19.4 Å². The number of nitrogens with one attached hydrogen (secondary N) is 1. The van der Waals surface area contributed by atoms with Gasteiger partial charge in [0.1, 0.15) is 5.75 Å². The molecule has 0 aliphatic heterocycles. The molecule has 0 saturated carbocycles. The van der Waals surface area contributed by atoms with Crippen LogP contribution in [0.1, 0.15) is 44.7 Å². The van der Waals surface area contributed by atoms with E-state index in [4.69, 9.17) is 4.74 Å². The van der Waals surface area contributed by atoms with E-state index in [-0.39, 0.29) is 11.3 Å². The second-order valence-corrected chi connectivity index (χ2v) is 8.96. The Morgan fingerprint density at radius 2 is 1.85 bits per heavy atom. The van der Waals surface area contributed by atoms with Gasteiger partial charge in [0.25, 0.3) is 0 Å². The van der Waals surface area contributed by atoms with E-state index in [9.17, 15) is 4.79 Å². The topological polar surface area (TPSA) is 50.7 Å². The fourth-order valence-electron chi connectivity index (χ4n) is 2.28. The average Bonchev–Trinajstić information content (AvgIpc) is 2.60. The Balaban J connectivity index is 1.72. The molecule has 27 heavy (non-hydrogen) atoms. The first kappa shape index (κ1) is 21.6. The van der Waals surface area contributed by atoms with Crippen molar-refractivity contribution in [3.8, 4) is 5.75 Å². The molecule has 1 amide bonds. The summed E-state index contributed by atoms with van der Waals surface area (Å²) in [5, 5.41) is 3.97. The molecule has 1 N–H and O–H groups in total. The van der Waals surface area contributed by atoms with E-state index in [0.717, 1.165) is 20.3 Å². The van der Waals surface area contributed by atoms with Crippen LogP contribution in [0.5, 0.6) is 5.75 Å². The molecule has 0 atom stereocenters. The molecule has 2 aromatic carbocycles. The predicted octanol–water partition coefficient (Wildman–Crippen LogP) is 5.82. The number of hydrogen-bond acceptors (Lipinski definition) is 3. The largest absolute Gasteiger partial charge is 0.492 e. The fourth-order valence-corrected chi connectivity index (χ4v) is 3.04. The highest BCUT2D eigenvalue weighted by Gasteiger charge is 2.15. The second-order valence-electron chi connectivity index (χ2n) is 7.19. The highest BCUT2D eigenvalue weighted by Crippen LogP contribution is 2.31. The monoisotopic (exact) mass is 494 g/mol. The summed E-state index contributed by atoms with van der Waals surface area (Å²) in [7, 11) is 0. The van der Waals surface area contributed by atoms with Crippen LogP contribution in [0.2, 0.25) is 0 Å². The van der Waals surface area contributed by atoms with E-state index in [1.807, 2.05) is 30.3 Å². The van der Waals surface area contributed by atoms with Gasteiger partial charge in [-0.3, -0.25) is 4.79 Å². The third kappa shape index (κ3) is 7.46. The molecule has 0 unspecified atom stereocenters. The molecule has 0 saturated heterocycles. The van der Waals surface area contributed by atoms with Gasteiger partial charge in [-0.25, -0.2) is 5.43 Å². The Morgan fingerprint density at radius 3 is 2.48 bits per heavy atom. The van der Waals surface area contributed by atoms with Crippen LogP contribution in [0.3, 0.4) is 0 Å². The summed E-state index contributed by atoms with van der Waals surface area (Å²) in [4.78, 5) is 11.8. The van der Waals surface area contributed by atoms with Crippen LogP contribution in [0.4, 0.5) is 0 Å². The molecule has 0 aliphatic carbocycles. The van der Waals surface area contributed by atoms with E-state index in [1.165, 1.54) is 5.56 Å². The Kier molecular flexibility index (Phi) is 8.05. The average molecular weight is 496 g/mol. The number of nitrogens with zero attached hydrogens (tertiary/aromatic N) is 1. The van der Waals surface area contributed by atoms with Crippen molar-refractivity contribution in [3.05, 3.63) is 62.5 Å². The number of amides is 1. The summed E-state index contributed by atoms with van der Waals surface area (Å²) in [6.07, 6.45) is 2.59. The minimum atomic E-state index is -0.130. The quantitative estimate of drug-likeness (QED) is 0.299. The van der Waals surface area contributed by atoms with Crippen molar-refractivity contribution in [3.63, 3.8) is 0 Å². The normalized spacial score (nSPS) is 11.6. The van der Waals surface area contributed by atoms with Gasteiger partial charge in [-0.2, -0.15) is 5.10 Å². The van der Waals surface area contributed by atoms with Crippen molar-refractivity contribution in [2.75, 3.05) is 6.61 Å². The van der Waals surface area contributed by atoms with E-state index >= 15 is 0 Å². The molecular formula is C21H24Br2N2O2. The van der Waals surface area contributed by atoms with Crippen LogP contribution in [0, 0.1) is 0 Å². The van der Waals surface area contributed by atoms with Crippen molar-refractivity contribution in [2.24, 2.45) is 5.10 Å². The standard InChI is InChI=1S/C21H24Br2N2O2/c1-21(2,3)16-8-11-19(18(23)13-16)27-12-4-5-20(26)25-24-14-15-6-9-17(22)10-7-15/h6-11,13-14H,4-5,12H2,1-3H3,(H,25,26)/b24-14+. The number of rotatable bonds is 7. The summed E-state index contributed by atoms with van der Waals surface area (Å²) in [6.45, 7) is 6.99. The van der Waals surface area contributed by atoms with Crippen LogP contribution in [-0.2, 0) is 10.2 Å². The number of halogens is 2. The van der Waals surface area contributed by atoms with Gasteiger partial charge in [0.2, 0.25) is 5.91 Å². The van der Waals surface area contributed by atoms with Crippen LogP contribution < -0.4 is 10.2 Å². The molecule has 4 nitrogen and oxygen atoms in total. The van der Waals surface area contributed by atoms with Crippen LogP contribution in [0.25, 0.3) is 0 Å². The first-order chi connectivity index (χ1) is 12.8. The summed E-state index contributed by atoms with van der Waals surface area (Å²) >= 11 is 6.93. The molecule has 0 aliphatic rings. The summed E-state index contributed by atoms with van der Waals surface area (Å²) in [5.74, 6) is 0.658. The number of carbonyl (C=O) groups is 1. The Hall–Kier alpha value is -1.66. The zero-order valence-corrected chi connectivity index (χ0v) is 18.9. The number of benzene rings is 2. The summed E-state index contributed by atoms with van der Waals surface area (Å²) < 4.78 is 7.70. The first-order valence-electron chi connectivity index (χ1n) is 8.76. The summed E-state index contributed by atoms with van der Waals surface area (Å²) in [6, 6.07) is 13.8. The lowest BCUT2D eigenvalue weighted by molar-refractivity contribution is -0.121. The van der Waals surface area contributed by atoms with E-state index in [1.54, 1.807) is 6.21 Å². The number of hydrogen-bond donors (Lipinski definition) is 1. The van der Waals surface area contributed by atoms with Crippen molar-refractivity contribution < 1.29 is 9.53 Å². The lowest BCUT2D eigenvalue weighted by atomic mass is 9.87. The zero-order valence-electron chi connectivity index (χ0n) is 15.8. The fraction of sp³-hybridized carbons (Fsp3) is 0.333. The number of hydrazone groups is 1. The van der Waals surface area contributed by atoms with Crippen LogP contribution in [0.15, 0.2) is 56.5 Å². The minimum Gasteiger partial charge on any atom is -0.492 e. The zero-order chi connectivity index (χ0) is 19.9. The number of ether oxygens (including phenoxy) is 1. The lowest BCUT2D eigenvalue weighted by Gasteiger charge is -2.20. The van der Waals surface area contributed by atoms with Gasteiger partial charge in [-0.15, -0.1) is 0 Å². The summed E-state index contributed by atoms with van der Waals surface area (Å²) in [5.41, 5.74) is 4.79. The lowest BCUT2D eigenvalue weighted by Crippen LogP contribution is -2.18. The molecule has 2 aromatic rings. The first-order valence-corrected chi connectivity index (χ1v) is 10.3. The molecule has 6 heteroatoms. The van der Waals surface area contributed by atoms with Gasteiger partial charge in [0.15, 0.2) is 0 Å². The van der Waals surface area contributed by atoms with Crippen molar-refractivity contribution in [1.82, 2.24) is 5.43 Å². The van der Waals surface area contributed by atoms with Gasteiger partial charge < -0.3 is 4.74 Å². The van der Waals surface area contributed by atoms with Gasteiger partial charge >= 0.3 is 0 Å². The third-order valence-corrected chi connectivity index (χ3v) is 5.02. The maximum absolute atomic E-state index is 11.8. The Bertz CT molecular complexity index is 797. The Morgan fingerprint density at radius 1 is 1.15 bits per heavy atom. The molecule has 144 valence electrons. The van der Waals surface area contributed by atoms with Crippen LogP contribution >= 0.6 is 31.9 Å². The number of carbonyl (C=O) groups excluding carboxylic acids is 1. The molecular weight excluding hydrogens is 472 g/mol. The molecule has 0 fully saturated rings. The molecule has 0 spiro atoms. The minimum absolute atomic E-state index is 0.0932. The molecule has 2 rings (SSSR count). The highest BCUT2D eigenvalue weighted by molar-refractivity contribution is 9.10. The van der Waals surface area contributed by atoms with Crippen molar-refractivity contribution in [2.45, 2.75) is 39.0 Å². The van der Waals surface area contributed by atoms with Crippen molar-refractivity contribution in [1.29, 1.82) is 0 Å². The third-order valence-electron chi connectivity index (χ3n) is 3.88. The predicted molar refractivity (Wildman–Crippen MR) is 117 cm³/mol. The Labute approximate surface area is 177 Å². The second kappa shape index (κ2) is 10.0. The molecule has 0 bridgehead atoms. The van der Waals surface area contributed by atoms with E-state index < -0.39 is 0 Å². The highest BCUT2D eigenvalue weighted by atomic mass is 79.9. The van der Waals surface area contributed by atoms with Crippen molar-refractivity contribution >= 4 is 44.0 Å². The molecule has 0 aromatic heterocycles. The van der Waals surface area contributed by atoms with Gasteiger partial charge in [-0.1, -0.05) is 54.9 Å². The molecule has 0 heterocycles. The SMILES string of the molecule is CC(C)(C)c1ccc(OCCCC(=O)N/N=C/c2ccc(Br)cc2)c(Br)c1. The molecule has 0 radical (unpaired) electrons. The smallest absolute Gasteiger partial charge is 0.240 e. The van der Waals surface area contributed by atoms with E-state index in [2.05, 4.69) is 75.3 Å². The van der Waals surface area contributed by atoms with Gasteiger partial charge in [0.05, 0.1) is 17.3 Å². The maximum Gasteiger partial charge on any atom is 0.240 e.